The molecular formula is C8H11F2N3. The van der Waals surface area contributed by atoms with Crippen molar-refractivity contribution in [1.82, 2.24) is 4.98 Å². The molecule has 1 aromatic heterocycles. The molecule has 0 aliphatic carbocycles. The molecule has 0 atom stereocenters. The van der Waals surface area contributed by atoms with Crippen LogP contribution in [0.3, 0.4) is 0 Å². The summed E-state index contributed by atoms with van der Waals surface area (Å²) in [4.78, 5) is 5.20. The average molecular weight is 187 g/mol. The van der Waals surface area contributed by atoms with Crippen LogP contribution in [-0.2, 0) is 0 Å². The Labute approximate surface area is 75.2 Å². The van der Waals surface area contributed by atoms with Gasteiger partial charge in [-0.2, -0.15) is 0 Å². The van der Waals surface area contributed by atoms with E-state index in [9.17, 15) is 8.78 Å². The summed E-state index contributed by atoms with van der Waals surface area (Å²) in [6, 6.07) is 3.20. The quantitative estimate of drug-likeness (QED) is 0.777. The zero-order valence-electron chi connectivity index (χ0n) is 7.24. The van der Waals surface area contributed by atoms with Crippen LogP contribution >= 0.6 is 0 Å². The highest BCUT2D eigenvalue weighted by molar-refractivity contribution is 5.51. The summed E-state index contributed by atoms with van der Waals surface area (Å²) >= 11 is 0. The molecule has 1 heterocycles. The van der Waals surface area contributed by atoms with E-state index in [4.69, 9.17) is 5.73 Å². The zero-order chi connectivity index (χ0) is 9.84. The Kier molecular flexibility index (Phi) is 3.00. The Hall–Kier alpha value is -1.39. The SMILES string of the molecule is CN(CC(F)F)c1ccnc(N)c1. The third-order valence-electron chi connectivity index (χ3n) is 1.62. The predicted octanol–water partition coefficient (Wildman–Crippen LogP) is 1.37. The molecule has 0 radical (unpaired) electrons. The van der Waals surface area contributed by atoms with Crippen molar-refractivity contribution in [3.63, 3.8) is 0 Å². The van der Waals surface area contributed by atoms with Crippen LogP contribution in [0.1, 0.15) is 0 Å². The van der Waals surface area contributed by atoms with Crippen LogP contribution in [0, 0.1) is 0 Å². The van der Waals surface area contributed by atoms with Gasteiger partial charge in [0.1, 0.15) is 5.82 Å². The van der Waals surface area contributed by atoms with E-state index in [1.807, 2.05) is 0 Å². The summed E-state index contributed by atoms with van der Waals surface area (Å²) in [5.74, 6) is 0.332. The van der Waals surface area contributed by atoms with Gasteiger partial charge in [0, 0.05) is 25.0 Å². The average Bonchev–Trinajstić information content (AvgIpc) is 2.03. The lowest BCUT2D eigenvalue weighted by Gasteiger charge is -2.18. The van der Waals surface area contributed by atoms with E-state index >= 15 is 0 Å². The molecule has 0 unspecified atom stereocenters. The monoisotopic (exact) mass is 187 g/mol. The lowest BCUT2D eigenvalue weighted by atomic mass is 10.3. The van der Waals surface area contributed by atoms with Gasteiger partial charge in [0.25, 0.3) is 6.43 Å². The number of halogens is 2. The first-order valence-electron chi connectivity index (χ1n) is 3.80. The fraction of sp³-hybridized carbons (Fsp3) is 0.375. The predicted molar refractivity (Wildman–Crippen MR) is 47.9 cm³/mol. The number of nitrogen functional groups attached to an aromatic ring is 1. The number of pyridine rings is 1. The van der Waals surface area contributed by atoms with Crippen molar-refractivity contribution in [2.75, 3.05) is 24.2 Å². The Morgan fingerprint density at radius 2 is 2.31 bits per heavy atom. The third kappa shape index (κ3) is 2.85. The second kappa shape index (κ2) is 4.02. The van der Waals surface area contributed by atoms with Gasteiger partial charge >= 0.3 is 0 Å². The topological polar surface area (TPSA) is 42.2 Å². The minimum Gasteiger partial charge on any atom is -0.384 e. The third-order valence-corrected chi connectivity index (χ3v) is 1.62. The van der Waals surface area contributed by atoms with Crippen LogP contribution in [0.15, 0.2) is 18.3 Å². The van der Waals surface area contributed by atoms with Gasteiger partial charge in [-0.1, -0.05) is 0 Å². The Morgan fingerprint density at radius 3 is 2.85 bits per heavy atom. The number of alkyl halides is 2. The van der Waals surface area contributed by atoms with Crippen molar-refractivity contribution in [3.05, 3.63) is 18.3 Å². The van der Waals surface area contributed by atoms with E-state index in [1.54, 1.807) is 19.2 Å². The van der Waals surface area contributed by atoms with Crippen molar-refractivity contribution in [3.8, 4) is 0 Å². The summed E-state index contributed by atoms with van der Waals surface area (Å²) in [7, 11) is 1.58. The van der Waals surface area contributed by atoms with Gasteiger partial charge in [-0.3, -0.25) is 0 Å². The maximum atomic E-state index is 12.0. The molecule has 72 valence electrons. The number of hydrogen-bond donors (Lipinski definition) is 1. The molecule has 2 N–H and O–H groups in total. The number of rotatable bonds is 3. The molecule has 0 saturated carbocycles. The van der Waals surface area contributed by atoms with E-state index in [0.717, 1.165) is 0 Å². The van der Waals surface area contributed by atoms with Crippen LogP contribution < -0.4 is 10.6 Å². The summed E-state index contributed by atoms with van der Waals surface area (Å²) in [6.07, 6.45) is -0.855. The fourth-order valence-corrected chi connectivity index (χ4v) is 0.986. The normalized spacial score (nSPS) is 10.5. The summed E-state index contributed by atoms with van der Waals surface area (Å²) < 4.78 is 24.0. The highest BCUT2D eigenvalue weighted by Crippen LogP contribution is 2.14. The van der Waals surface area contributed by atoms with E-state index in [2.05, 4.69) is 4.98 Å². The minimum absolute atomic E-state index is 0.302. The number of aromatic nitrogens is 1. The molecule has 0 amide bonds. The highest BCUT2D eigenvalue weighted by atomic mass is 19.3. The molecule has 0 aliphatic rings. The van der Waals surface area contributed by atoms with Crippen molar-refractivity contribution >= 4 is 11.5 Å². The highest BCUT2D eigenvalue weighted by Gasteiger charge is 2.08. The van der Waals surface area contributed by atoms with E-state index in [-0.39, 0.29) is 6.54 Å². The Morgan fingerprint density at radius 1 is 1.62 bits per heavy atom. The minimum atomic E-state index is -2.35. The van der Waals surface area contributed by atoms with Gasteiger partial charge in [0.2, 0.25) is 0 Å². The molecule has 0 aromatic carbocycles. The lowest BCUT2D eigenvalue weighted by Crippen LogP contribution is -2.24. The first-order chi connectivity index (χ1) is 6.09. The molecule has 0 aliphatic heterocycles. The first kappa shape index (κ1) is 9.70. The number of hydrogen-bond acceptors (Lipinski definition) is 3. The maximum Gasteiger partial charge on any atom is 0.255 e. The summed E-state index contributed by atoms with van der Waals surface area (Å²) in [6.45, 7) is -0.302. The Balaban J connectivity index is 2.71. The number of nitrogens with two attached hydrogens (primary N) is 1. The molecule has 5 heteroatoms. The summed E-state index contributed by atoms with van der Waals surface area (Å²) in [5.41, 5.74) is 6.05. The molecule has 0 fully saturated rings. The molecule has 1 aromatic rings. The van der Waals surface area contributed by atoms with Crippen LogP contribution in [-0.4, -0.2) is 25.0 Å². The maximum absolute atomic E-state index is 12.0. The molecule has 1 rings (SSSR count). The summed E-state index contributed by atoms with van der Waals surface area (Å²) in [5, 5.41) is 0. The van der Waals surface area contributed by atoms with Gasteiger partial charge in [0.15, 0.2) is 0 Å². The largest absolute Gasteiger partial charge is 0.384 e. The first-order valence-corrected chi connectivity index (χ1v) is 3.80. The van der Waals surface area contributed by atoms with E-state index < -0.39 is 6.43 Å². The van der Waals surface area contributed by atoms with Crippen LogP contribution in [0.2, 0.25) is 0 Å². The van der Waals surface area contributed by atoms with E-state index in [1.165, 1.54) is 11.1 Å². The van der Waals surface area contributed by atoms with Crippen molar-refractivity contribution in [2.45, 2.75) is 6.43 Å². The van der Waals surface area contributed by atoms with Crippen LogP contribution in [0.25, 0.3) is 0 Å². The second-order valence-electron chi connectivity index (χ2n) is 2.71. The van der Waals surface area contributed by atoms with Crippen molar-refractivity contribution in [2.24, 2.45) is 0 Å². The number of anilines is 2. The van der Waals surface area contributed by atoms with Crippen LogP contribution in [0.4, 0.5) is 20.3 Å². The second-order valence-corrected chi connectivity index (χ2v) is 2.71. The van der Waals surface area contributed by atoms with Crippen molar-refractivity contribution < 1.29 is 8.78 Å². The number of nitrogens with zero attached hydrogens (tertiary/aromatic N) is 2. The van der Waals surface area contributed by atoms with Gasteiger partial charge in [-0.15, -0.1) is 0 Å². The molecular weight excluding hydrogens is 176 g/mol. The van der Waals surface area contributed by atoms with Crippen LogP contribution in [0.5, 0.6) is 0 Å². The molecule has 3 nitrogen and oxygen atoms in total. The molecule has 0 saturated heterocycles. The lowest BCUT2D eigenvalue weighted by molar-refractivity contribution is 0.156. The Bertz CT molecular complexity index is 278. The van der Waals surface area contributed by atoms with Gasteiger partial charge in [0.05, 0.1) is 6.54 Å². The van der Waals surface area contributed by atoms with Crippen molar-refractivity contribution in [1.29, 1.82) is 0 Å². The standard InChI is InChI=1S/C8H11F2N3/c1-13(5-7(9)10)6-2-3-12-8(11)4-6/h2-4,7H,5H2,1H3,(H2,11,12). The smallest absolute Gasteiger partial charge is 0.255 e. The van der Waals surface area contributed by atoms with Gasteiger partial charge < -0.3 is 10.6 Å². The molecule has 0 spiro atoms. The van der Waals surface area contributed by atoms with E-state index in [0.29, 0.717) is 11.5 Å². The van der Waals surface area contributed by atoms with Gasteiger partial charge in [-0.25, -0.2) is 13.8 Å². The van der Waals surface area contributed by atoms with Gasteiger partial charge in [-0.05, 0) is 6.07 Å². The zero-order valence-corrected chi connectivity index (χ0v) is 7.24. The fourth-order valence-electron chi connectivity index (χ4n) is 0.986. The molecule has 0 bridgehead atoms. The molecule has 13 heavy (non-hydrogen) atoms.